The first-order valence-electron chi connectivity index (χ1n) is 9.46. The van der Waals surface area contributed by atoms with Gasteiger partial charge < -0.3 is 0 Å². The topological polar surface area (TPSA) is 12.4 Å². The number of para-hydroxylation sites is 1. The zero-order chi connectivity index (χ0) is 19.5. The second-order valence-corrected chi connectivity index (χ2v) is 9.12. The van der Waals surface area contributed by atoms with E-state index in [1.165, 1.54) is 31.4 Å². The van der Waals surface area contributed by atoms with Crippen molar-refractivity contribution in [3.63, 3.8) is 0 Å². The van der Waals surface area contributed by atoms with Crippen LogP contribution in [0, 0.1) is 11.7 Å². The van der Waals surface area contributed by atoms with Crippen molar-refractivity contribution in [2.24, 2.45) is 10.9 Å². The summed E-state index contributed by atoms with van der Waals surface area (Å²) in [6.45, 7) is 6.79. The van der Waals surface area contributed by atoms with E-state index in [0.29, 0.717) is 11.2 Å². The Bertz CT molecular complexity index is 724. The second-order valence-electron chi connectivity index (χ2n) is 6.82. The zero-order valence-electron chi connectivity index (χ0n) is 16.3. The van der Waals surface area contributed by atoms with Crippen LogP contribution in [0.25, 0.3) is 0 Å². The third kappa shape index (κ3) is 8.81. The minimum atomic E-state index is -0.207. The molecule has 1 nitrogen and oxygen atoms in total. The molecule has 1 unspecified atom stereocenters. The Hall–Kier alpha value is -1.52. The van der Waals surface area contributed by atoms with E-state index in [1.807, 2.05) is 47.5 Å². The van der Waals surface area contributed by atoms with Crippen LogP contribution in [0.1, 0.15) is 40.0 Å². The highest BCUT2D eigenvalue weighted by molar-refractivity contribution is 8.15. The molecule has 0 saturated carbocycles. The van der Waals surface area contributed by atoms with Gasteiger partial charge in [0.25, 0.3) is 0 Å². The van der Waals surface area contributed by atoms with Gasteiger partial charge in [-0.25, -0.2) is 9.38 Å². The van der Waals surface area contributed by atoms with Gasteiger partial charge >= 0.3 is 0 Å². The van der Waals surface area contributed by atoms with Crippen LogP contribution < -0.4 is 0 Å². The fourth-order valence-electron chi connectivity index (χ4n) is 2.66. The number of nitrogens with zero attached hydrogens (tertiary/aromatic N) is 1. The largest absolute Gasteiger partial charge is 0.242 e. The van der Waals surface area contributed by atoms with Crippen LogP contribution >= 0.6 is 23.5 Å². The van der Waals surface area contributed by atoms with Crippen molar-refractivity contribution in [3.05, 3.63) is 71.9 Å². The Kier molecular flexibility index (Phi) is 9.71. The summed E-state index contributed by atoms with van der Waals surface area (Å²) in [5.74, 6) is 0.464. The molecule has 0 aliphatic carbocycles. The maximum atomic E-state index is 13.0. The quantitative estimate of drug-likeness (QED) is 0.239. The van der Waals surface area contributed by atoms with E-state index in [4.69, 9.17) is 4.99 Å². The molecule has 4 heteroatoms. The van der Waals surface area contributed by atoms with Crippen LogP contribution in [-0.2, 0) is 0 Å². The first-order valence-corrected chi connectivity index (χ1v) is 11.2. The van der Waals surface area contributed by atoms with Crippen LogP contribution in [0.5, 0.6) is 0 Å². The SMILES string of the molecule is CCCC(CC(C)C)SC(/C=C/Sc1ccc(F)cc1)=Nc1ccccc1. The molecule has 2 aromatic rings. The summed E-state index contributed by atoms with van der Waals surface area (Å²) in [5, 5.41) is 3.63. The summed E-state index contributed by atoms with van der Waals surface area (Å²) in [7, 11) is 0. The van der Waals surface area contributed by atoms with Crippen molar-refractivity contribution in [2.75, 3.05) is 0 Å². The van der Waals surface area contributed by atoms with E-state index in [-0.39, 0.29) is 5.82 Å². The Morgan fingerprint density at radius 2 is 1.78 bits per heavy atom. The first kappa shape index (κ1) is 21.8. The molecular formula is C23H28FNS2. The van der Waals surface area contributed by atoms with Gasteiger partial charge in [-0.15, -0.1) is 11.8 Å². The van der Waals surface area contributed by atoms with Crippen molar-refractivity contribution >= 4 is 34.3 Å². The molecule has 144 valence electrons. The van der Waals surface area contributed by atoms with E-state index in [1.54, 1.807) is 23.9 Å². The van der Waals surface area contributed by atoms with Gasteiger partial charge in [-0.2, -0.15) is 0 Å². The number of halogens is 1. The summed E-state index contributed by atoms with van der Waals surface area (Å²) in [5.41, 5.74) is 0.969. The molecule has 1 atom stereocenters. The average molecular weight is 402 g/mol. The molecule has 0 spiro atoms. The highest BCUT2D eigenvalue weighted by Crippen LogP contribution is 2.28. The highest BCUT2D eigenvalue weighted by Gasteiger charge is 2.13. The van der Waals surface area contributed by atoms with Crippen LogP contribution in [0.3, 0.4) is 0 Å². The lowest BCUT2D eigenvalue weighted by Crippen LogP contribution is -2.09. The molecular weight excluding hydrogens is 373 g/mol. The van der Waals surface area contributed by atoms with Crippen LogP contribution in [0.2, 0.25) is 0 Å². The molecule has 0 aromatic heterocycles. The fraction of sp³-hybridized carbons (Fsp3) is 0.348. The zero-order valence-corrected chi connectivity index (χ0v) is 17.9. The van der Waals surface area contributed by atoms with Crippen LogP contribution in [0.15, 0.2) is 76.0 Å². The van der Waals surface area contributed by atoms with Gasteiger partial charge in [0.1, 0.15) is 5.82 Å². The van der Waals surface area contributed by atoms with Crippen molar-refractivity contribution in [2.45, 2.75) is 50.2 Å². The number of benzene rings is 2. The molecule has 0 amide bonds. The molecule has 0 aliphatic rings. The standard InChI is InChI=1S/C23H28FNS2/c1-4-8-22(17-18(2)3)27-23(25-20-9-6-5-7-10-20)15-16-26-21-13-11-19(24)12-14-21/h5-7,9-16,18,22H,4,8,17H2,1-3H3/b16-15+,25-23?. The predicted molar refractivity (Wildman–Crippen MR) is 121 cm³/mol. The monoisotopic (exact) mass is 401 g/mol. The molecule has 0 fully saturated rings. The Labute approximate surface area is 171 Å². The fourth-order valence-corrected chi connectivity index (χ4v) is 4.87. The molecule has 0 N–H and O–H groups in total. The molecule has 0 bridgehead atoms. The summed E-state index contributed by atoms with van der Waals surface area (Å²) < 4.78 is 13.0. The predicted octanol–water partition coefficient (Wildman–Crippen LogP) is 8.11. The molecule has 0 saturated heterocycles. The van der Waals surface area contributed by atoms with Gasteiger partial charge in [0.15, 0.2) is 0 Å². The number of hydrogen-bond acceptors (Lipinski definition) is 3. The normalized spacial score (nSPS) is 13.4. The van der Waals surface area contributed by atoms with E-state index in [2.05, 4.69) is 26.8 Å². The van der Waals surface area contributed by atoms with E-state index >= 15 is 0 Å². The van der Waals surface area contributed by atoms with Crippen molar-refractivity contribution in [1.29, 1.82) is 0 Å². The van der Waals surface area contributed by atoms with Crippen molar-refractivity contribution in [3.8, 4) is 0 Å². The third-order valence-electron chi connectivity index (χ3n) is 3.86. The molecule has 0 radical (unpaired) electrons. The van der Waals surface area contributed by atoms with E-state index < -0.39 is 0 Å². The lowest BCUT2D eigenvalue weighted by Gasteiger charge is -2.18. The smallest absolute Gasteiger partial charge is 0.123 e. The molecule has 0 heterocycles. The van der Waals surface area contributed by atoms with Crippen LogP contribution in [0.4, 0.5) is 10.1 Å². The van der Waals surface area contributed by atoms with Gasteiger partial charge in [0.2, 0.25) is 0 Å². The third-order valence-corrected chi connectivity index (χ3v) is 5.90. The first-order chi connectivity index (χ1) is 13.1. The number of thioether (sulfide) groups is 2. The lowest BCUT2D eigenvalue weighted by molar-refractivity contribution is 0.547. The van der Waals surface area contributed by atoms with Gasteiger partial charge in [-0.05, 0) is 66.6 Å². The summed E-state index contributed by atoms with van der Waals surface area (Å²) in [4.78, 5) is 5.87. The minimum absolute atomic E-state index is 0.207. The maximum Gasteiger partial charge on any atom is 0.123 e. The van der Waals surface area contributed by atoms with Gasteiger partial charge in [-0.1, -0.05) is 57.2 Å². The molecule has 2 aromatic carbocycles. The molecule has 0 aliphatic heterocycles. The summed E-state index contributed by atoms with van der Waals surface area (Å²) in [6.07, 6.45) is 5.63. The Morgan fingerprint density at radius 1 is 1.07 bits per heavy atom. The van der Waals surface area contributed by atoms with E-state index in [9.17, 15) is 4.39 Å². The Balaban J connectivity index is 2.14. The Morgan fingerprint density at radius 3 is 2.41 bits per heavy atom. The average Bonchev–Trinajstić information content (AvgIpc) is 2.64. The minimum Gasteiger partial charge on any atom is -0.242 e. The summed E-state index contributed by atoms with van der Waals surface area (Å²) >= 11 is 3.45. The number of aliphatic imine (C=N–C) groups is 1. The van der Waals surface area contributed by atoms with Gasteiger partial charge in [-0.3, -0.25) is 0 Å². The second kappa shape index (κ2) is 12.0. The molecule has 2 rings (SSSR count). The van der Waals surface area contributed by atoms with Gasteiger partial charge in [0, 0.05) is 10.1 Å². The molecule has 27 heavy (non-hydrogen) atoms. The van der Waals surface area contributed by atoms with Crippen molar-refractivity contribution < 1.29 is 4.39 Å². The number of hydrogen-bond donors (Lipinski definition) is 0. The van der Waals surface area contributed by atoms with Crippen molar-refractivity contribution in [1.82, 2.24) is 0 Å². The summed E-state index contributed by atoms with van der Waals surface area (Å²) in [6, 6.07) is 16.6. The lowest BCUT2D eigenvalue weighted by atomic mass is 10.1. The highest BCUT2D eigenvalue weighted by atomic mass is 32.2. The van der Waals surface area contributed by atoms with Gasteiger partial charge in [0.05, 0.1) is 10.7 Å². The maximum absolute atomic E-state index is 13.0. The number of rotatable bonds is 9. The van der Waals surface area contributed by atoms with Crippen LogP contribution in [-0.4, -0.2) is 10.3 Å². The van der Waals surface area contributed by atoms with E-state index in [0.717, 1.165) is 15.6 Å².